The molecule has 0 amide bonds. The van der Waals surface area contributed by atoms with E-state index in [4.69, 9.17) is 4.74 Å². The largest absolute Gasteiger partial charge is 0.461 e. The molecule has 0 heterocycles. The third kappa shape index (κ3) is 9.25. The van der Waals surface area contributed by atoms with Gasteiger partial charge in [-0.3, -0.25) is 4.79 Å². The van der Waals surface area contributed by atoms with Gasteiger partial charge in [-0.25, -0.2) is 0 Å². The lowest BCUT2D eigenvalue weighted by atomic mass is 9.73. The lowest BCUT2D eigenvalue weighted by Crippen LogP contribution is -2.35. The van der Waals surface area contributed by atoms with Gasteiger partial charge in [0, 0.05) is 6.42 Å². The van der Waals surface area contributed by atoms with E-state index in [0.29, 0.717) is 31.3 Å². The Balaban J connectivity index is 2.23. The molecule has 0 unspecified atom stereocenters. The van der Waals surface area contributed by atoms with Crippen LogP contribution in [0.2, 0.25) is 0 Å². The molecule has 3 nitrogen and oxygen atoms in total. The number of allylic oxidation sites excluding steroid dienone is 3. The van der Waals surface area contributed by atoms with Gasteiger partial charge in [-0.1, -0.05) is 31.1 Å². The van der Waals surface area contributed by atoms with Crippen LogP contribution in [0.1, 0.15) is 86.0 Å². The van der Waals surface area contributed by atoms with Gasteiger partial charge < -0.3 is 9.84 Å². The van der Waals surface area contributed by atoms with E-state index in [2.05, 4.69) is 40.7 Å². The van der Waals surface area contributed by atoms with Crippen molar-refractivity contribution >= 4 is 5.97 Å². The fourth-order valence-corrected chi connectivity index (χ4v) is 3.47. The van der Waals surface area contributed by atoms with E-state index in [1.807, 2.05) is 6.08 Å². The van der Waals surface area contributed by atoms with Crippen LogP contribution in [-0.4, -0.2) is 23.3 Å². The second-order valence-electron chi connectivity index (χ2n) is 8.36. The summed E-state index contributed by atoms with van der Waals surface area (Å²) in [6.07, 6.45) is 10.8. The van der Waals surface area contributed by atoms with Crippen molar-refractivity contribution in [3.05, 3.63) is 23.3 Å². The Morgan fingerprint density at radius 3 is 2.36 bits per heavy atom. The first-order chi connectivity index (χ1) is 11.7. The summed E-state index contributed by atoms with van der Waals surface area (Å²) < 4.78 is 5.29. The molecule has 0 radical (unpaired) electrons. The van der Waals surface area contributed by atoms with Crippen molar-refractivity contribution in [2.45, 2.75) is 91.6 Å². The smallest absolute Gasteiger partial charge is 0.306 e. The number of carbonyl (C=O) groups is 1. The predicted molar refractivity (Wildman–Crippen MR) is 104 cm³/mol. The first-order valence-corrected chi connectivity index (χ1v) is 9.89. The summed E-state index contributed by atoms with van der Waals surface area (Å²) in [7, 11) is 0. The lowest BCUT2D eigenvalue weighted by Gasteiger charge is -2.37. The summed E-state index contributed by atoms with van der Waals surface area (Å²) >= 11 is 0. The highest BCUT2D eigenvalue weighted by Gasteiger charge is 2.34. The molecule has 0 saturated heterocycles. The Bertz CT molecular complexity index is 462. The first kappa shape index (κ1) is 22.0. The maximum absolute atomic E-state index is 11.9. The highest BCUT2D eigenvalue weighted by molar-refractivity contribution is 5.69. The van der Waals surface area contributed by atoms with Crippen molar-refractivity contribution in [2.24, 2.45) is 11.8 Å². The molecule has 144 valence electrons. The number of carbonyl (C=O) groups excluding carboxylic acids is 1. The third-order valence-corrected chi connectivity index (χ3v) is 5.47. The van der Waals surface area contributed by atoms with E-state index in [-0.39, 0.29) is 5.97 Å². The predicted octanol–water partition coefficient (Wildman–Crippen LogP) is 5.58. The van der Waals surface area contributed by atoms with Crippen molar-refractivity contribution in [1.82, 2.24) is 0 Å². The zero-order chi connectivity index (χ0) is 18.9. The van der Waals surface area contributed by atoms with Crippen LogP contribution in [0.5, 0.6) is 0 Å². The van der Waals surface area contributed by atoms with E-state index < -0.39 is 5.60 Å². The monoisotopic (exact) mass is 350 g/mol. The molecule has 0 aromatic heterocycles. The van der Waals surface area contributed by atoms with Crippen LogP contribution < -0.4 is 0 Å². The number of esters is 1. The zero-order valence-corrected chi connectivity index (χ0v) is 16.9. The Labute approximate surface area is 154 Å². The van der Waals surface area contributed by atoms with Crippen LogP contribution in [-0.2, 0) is 9.53 Å². The summed E-state index contributed by atoms with van der Waals surface area (Å²) in [5.74, 6) is 1.20. The van der Waals surface area contributed by atoms with Crippen LogP contribution in [0.4, 0.5) is 0 Å². The van der Waals surface area contributed by atoms with Gasteiger partial charge in [-0.05, 0) is 83.6 Å². The summed E-state index contributed by atoms with van der Waals surface area (Å²) in [4.78, 5) is 11.9. The molecule has 1 aliphatic carbocycles. The van der Waals surface area contributed by atoms with Gasteiger partial charge >= 0.3 is 5.97 Å². The summed E-state index contributed by atoms with van der Waals surface area (Å²) in [5.41, 5.74) is 1.91. The van der Waals surface area contributed by atoms with Gasteiger partial charge in [-0.15, -0.1) is 0 Å². The second kappa shape index (κ2) is 10.8. The van der Waals surface area contributed by atoms with Gasteiger partial charge in [0.2, 0.25) is 0 Å². The average molecular weight is 351 g/mol. The molecule has 25 heavy (non-hydrogen) atoms. The molecular weight excluding hydrogens is 312 g/mol. The Morgan fingerprint density at radius 2 is 1.80 bits per heavy atom. The molecule has 0 aromatic rings. The number of rotatable bonds is 9. The highest BCUT2D eigenvalue weighted by atomic mass is 16.5. The fraction of sp³-hybridized carbons (Fsp3) is 0.773. The summed E-state index contributed by atoms with van der Waals surface area (Å²) in [5, 5.41) is 10.7. The average Bonchev–Trinajstić information content (AvgIpc) is 2.53. The van der Waals surface area contributed by atoms with Crippen molar-refractivity contribution in [3.8, 4) is 0 Å². The minimum absolute atomic E-state index is 0.201. The van der Waals surface area contributed by atoms with Gasteiger partial charge in [-0.2, -0.15) is 0 Å². The molecule has 0 bridgehead atoms. The van der Waals surface area contributed by atoms with Crippen molar-refractivity contribution < 1.29 is 14.6 Å². The van der Waals surface area contributed by atoms with Crippen LogP contribution in [0.3, 0.4) is 0 Å². The molecule has 0 aromatic carbocycles. The standard InChI is InChI=1S/C22H38O3/c1-17(2)7-6-8-19(5)12-16-25-21(23)11-15-22(24)13-9-20(10-14-22)18(3)4/h7,12,18,20,24H,6,8-11,13-16H2,1-5H3. The van der Waals surface area contributed by atoms with E-state index in [0.717, 1.165) is 38.5 Å². The van der Waals surface area contributed by atoms with Crippen LogP contribution >= 0.6 is 0 Å². The molecule has 1 aliphatic rings. The quantitative estimate of drug-likeness (QED) is 0.436. The highest BCUT2D eigenvalue weighted by Crippen LogP contribution is 2.38. The SMILES string of the molecule is CC(C)=CCCC(C)=CCOC(=O)CCC1(O)CCC(C(C)C)CC1. The van der Waals surface area contributed by atoms with Gasteiger partial charge in [0.15, 0.2) is 0 Å². The second-order valence-corrected chi connectivity index (χ2v) is 8.36. The maximum atomic E-state index is 11.9. The molecule has 0 aliphatic heterocycles. The van der Waals surface area contributed by atoms with Crippen LogP contribution in [0.15, 0.2) is 23.3 Å². The van der Waals surface area contributed by atoms with Gasteiger partial charge in [0.05, 0.1) is 5.60 Å². The van der Waals surface area contributed by atoms with Gasteiger partial charge in [0.25, 0.3) is 0 Å². The van der Waals surface area contributed by atoms with E-state index in [1.165, 1.54) is 11.1 Å². The fourth-order valence-electron chi connectivity index (χ4n) is 3.47. The number of hydrogen-bond donors (Lipinski definition) is 1. The maximum Gasteiger partial charge on any atom is 0.306 e. The molecule has 1 N–H and O–H groups in total. The van der Waals surface area contributed by atoms with E-state index in [9.17, 15) is 9.90 Å². The molecule has 3 heteroatoms. The first-order valence-electron chi connectivity index (χ1n) is 9.89. The molecule has 1 fully saturated rings. The number of hydrogen-bond acceptors (Lipinski definition) is 3. The van der Waals surface area contributed by atoms with Crippen LogP contribution in [0.25, 0.3) is 0 Å². The Morgan fingerprint density at radius 1 is 1.16 bits per heavy atom. The Hall–Kier alpha value is -1.09. The minimum Gasteiger partial charge on any atom is -0.461 e. The van der Waals surface area contributed by atoms with Crippen molar-refractivity contribution in [1.29, 1.82) is 0 Å². The summed E-state index contributed by atoms with van der Waals surface area (Å²) in [6, 6.07) is 0. The zero-order valence-electron chi connectivity index (χ0n) is 16.9. The van der Waals surface area contributed by atoms with Gasteiger partial charge in [0.1, 0.15) is 6.61 Å². The summed E-state index contributed by atoms with van der Waals surface area (Å²) in [6.45, 7) is 11.1. The van der Waals surface area contributed by atoms with E-state index >= 15 is 0 Å². The molecule has 0 atom stereocenters. The van der Waals surface area contributed by atoms with Crippen molar-refractivity contribution in [3.63, 3.8) is 0 Å². The van der Waals surface area contributed by atoms with Crippen molar-refractivity contribution in [2.75, 3.05) is 6.61 Å². The van der Waals surface area contributed by atoms with Crippen LogP contribution in [0, 0.1) is 11.8 Å². The number of ether oxygens (including phenoxy) is 1. The number of aliphatic hydroxyl groups is 1. The third-order valence-electron chi connectivity index (χ3n) is 5.47. The molecule has 1 rings (SSSR count). The minimum atomic E-state index is -0.666. The molecule has 0 spiro atoms. The normalized spacial score (nSPS) is 24.3. The molecular formula is C22H38O3. The topological polar surface area (TPSA) is 46.5 Å². The van der Waals surface area contributed by atoms with E-state index in [1.54, 1.807) is 0 Å². The molecule has 1 saturated carbocycles. The lowest BCUT2D eigenvalue weighted by molar-refractivity contribution is -0.144. The Kier molecular flexibility index (Phi) is 9.48.